The number of aryl methyl sites for hydroxylation is 1. The quantitative estimate of drug-likeness (QED) is 0.254. The second-order valence-corrected chi connectivity index (χ2v) is 9.09. The van der Waals surface area contributed by atoms with Gasteiger partial charge in [0.25, 0.3) is 5.91 Å². The summed E-state index contributed by atoms with van der Waals surface area (Å²) in [5.41, 5.74) is 11.4. The van der Waals surface area contributed by atoms with Crippen LogP contribution in [0, 0.1) is 6.92 Å². The summed E-state index contributed by atoms with van der Waals surface area (Å²) < 4.78 is 11.1. The van der Waals surface area contributed by atoms with Crippen LogP contribution in [0.25, 0.3) is 0 Å². The Morgan fingerprint density at radius 2 is 1.86 bits per heavy atom. The zero-order valence-corrected chi connectivity index (χ0v) is 21.8. The second kappa shape index (κ2) is 14.6. The summed E-state index contributed by atoms with van der Waals surface area (Å²) in [6.07, 6.45) is 6.25. The average molecular weight is 484 g/mol. The Hall–Kier alpha value is -2.74. The van der Waals surface area contributed by atoms with Crippen LogP contribution in [0.15, 0.2) is 58.7 Å². The molecular weight excluding hydrogens is 442 g/mol. The molecule has 0 unspecified atom stereocenters. The van der Waals surface area contributed by atoms with E-state index in [0.29, 0.717) is 50.2 Å². The number of allylic oxidation sites excluding steroid dienone is 3. The molecular formula is C28H41N3O4. The van der Waals surface area contributed by atoms with Crippen LogP contribution in [0.2, 0.25) is 0 Å². The van der Waals surface area contributed by atoms with Gasteiger partial charge >= 0.3 is 0 Å². The van der Waals surface area contributed by atoms with Gasteiger partial charge in [0.2, 0.25) is 5.91 Å². The number of ether oxygens (including phenoxy) is 2. The molecule has 0 bridgehead atoms. The van der Waals surface area contributed by atoms with Crippen molar-refractivity contribution in [3.63, 3.8) is 0 Å². The van der Waals surface area contributed by atoms with Gasteiger partial charge in [0.15, 0.2) is 6.29 Å². The molecule has 7 heteroatoms. The molecule has 2 amide bonds. The molecule has 0 atom stereocenters. The highest BCUT2D eigenvalue weighted by molar-refractivity contribution is 6.00. The smallest absolute Gasteiger partial charge is 0.251 e. The molecule has 1 heterocycles. The van der Waals surface area contributed by atoms with Crippen molar-refractivity contribution in [2.45, 2.75) is 65.7 Å². The maximum atomic E-state index is 13.2. The highest BCUT2D eigenvalue weighted by atomic mass is 16.7. The van der Waals surface area contributed by atoms with Crippen molar-refractivity contribution in [3.8, 4) is 0 Å². The van der Waals surface area contributed by atoms with Crippen LogP contribution in [0.1, 0.15) is 51.2 Å². The van der Waals surface area contributed by atoms with E-state index in [0.717, 1.165) is 12.0 Å². The van der Waals surface area contributed by atoms with Gasteiger partial charge < -0.3 is 25.8 Å². The molecule has 1 aliphatic heterocycles. The van der Waals surface area contributed by atoms with Crippen LogP contribution in [0.3, 0.4) is 0 Å². The summed E-state index contributed by atoms with van der Waals surface area (Å²) >= 11 is 0. The summed E-state index contributed by atoms with van der Waals surface area (Å²) in [6.45, 7) is 9.42. The Morgan fingerprint density at radius 3 is 2.49 bits per heavy atom. The van der Waals surface area contributed by atoms with Crippen LogP contribution < -0.4 is 16.4 Å². The van der Waals surface area contributed by atoms with Crippen LogP contribution in [0.4, 0.5) is 0 Å². The van der Waals surface area contributed by atoms with Crippen molar-refractivity contribution >= 4 is 11.8 Å². The van der Waals surface area contributed by atoms with Crippen molar-refractivity contribution in [1.29, 1.82) is 0 Å². The number of carbonyl (C=O) groups excluding carboxylic acids is 2. The highest BCUT2D eigenvalue weighted by Gasteiger charge is 2.19. The van der Waals surface area contributed by atoms with Gasteiger partial charge in [-0.1, -0.05) is 42.3 Å². The summed E-state index contributed by atoms with van der Waals surface area (Å²) in [7, 11) is 1.58. The molecule has 35 heavy (non-hydrogen) atoms. The predicted octanol–water partition coefficient (Wildman–Crippen LogP) is 3.48. The third-order valence-corrected chi connectivity index (χ3v) is 6.00. The lowest BCUT2D eigenvalue weighted by Gasteiger charge is -2.27. The lowest BCUT2D eigenvalue weighted by Crippen LogP contribution is -2.41. The van der Waals surface area contributed by atoms with Crippen LogP contribution >= 0.6 is 0 Å². The van der Waals surface area contributed by atoms with Crippen molar-refractivity contribution < 1.29 is 19.1 Å². The second-order valence-electron chi connectivity index (χ2n) is 9.09. The first kappa shape index (κ1) is 28.5. The van der Waals surface area contributed by atoms with Gasteiger partial charge in [-0.05, 0) is 63.3 Å². The van der Waals surface area contributed by atoms with E-state index in [9.17, 15) is 9.59 Å². The number of hydrogen-bond acceptors (Lipinski definition) is 5. The number of nitrogens with two attached hydrogens (primary N) is 1. The topological polar surface area (TPSA) is 103 Å². The van der Waals surface area contributed by atoms with E-state index in [1.807, 2.05) is 12.1 Å². The number of hydrogen-bond donors (Lipinski definition) is 3. The van der Waals surface area contributed by atoms with Gasteiger partial charge in [-0.15, -0.1) is 0 Å². The number of rotatable bonds is 11. The Morgan fingerprint density at radius 1 is 1.14 bits per heavy atom. The molecule has 1 aliphatic rings. The van der Waals surface area contributed by atoms with Gasteiger partial charge in [-0.25, -0.2) is 0 Å². The summed E-state index contributed by atoms with van der Waals surface area (Å²) in [5, 5.41) is 5.61. The standard InChI is InChI=1S/C28H41N3O4/c1-6-20(3)23(15-22-10-7-9-19(2)13-22)16-24(14-21(4)27(32)30-5)28(33)31-12-8-11-26-34-17-25(29)18-35-26/h7,9-10,13-14,16,25-26H,6,8,11-12,15,17-18,29H2,1-5H3,(H,30,32)(H,31,33)/b21-14+,23-20+,24-16+. The molecule has 0 saturated carbocycles. The van der Waals surface area contributed by atoms with E-state index in [1.54, 1.807) is 20.0 Å². The number of likely N-dealkylation sites (N-methyl/N-ethyl adjacent to an activating group) is 1. The third kappa shape index (κ3) is 9.80. The van der Waals surface area contributed by atoms with E-state index >= 15 is 0 Å². The monoisotopic (exact) mass is 483 g/mol. The van der Waals surface area contributed by atoms with Gasteiger partial charge in [-0.3, -0.25) is 9.59 Å². The highest BCUT2D eigenvalue weighted by Crippen LogP contribution is 2.20. The fraction of sp³-hybridized carbons (Fsp3) is 0.500. The fourth-order valence-corrected chi connectivity index (χ4v) is 3.75. The first-order chi connectivity index (χ1) is 16.7. The lowest BCUT2D eigenvalue weighted by molar-refractivity contribution is -0.188. The molecule has 0 radical (unpaired) electrons. The van der Waals surface area contributed by atoms with Crippen molar-refractivity contribution in [1.82, 2.24) is 10.6 Å². The van der Waals surface area contributed by atoms with Gasteiger partial charge in [-0.2, -0.15) is 0 Å². The largest absolute Gasteiger partial charge is 0.355 e. The first-order valence-corrected chi connectivity index (χ1v) is 12.4. The van der Waals surface area contributed by atoms with Gasteiger partial charge in [0, 0.05) is 31.2 Å². The molecule has 0 aliphatic carbocycles. The molecule has 1 aromatic carbocycles. The maximum Gasteiger partial charge on any atom is 0.251 e. The molecule has 0 spiro atoms. The van der Waals surface area contributed by atoms with Crippen molar-refractivity contribution in [2.75, 3.05) is 26.8 Å². The Bertz CT molecular complexity index is 957. The molecule has 1 fully saturated rings. The normalized spacial score (nSPS) is 19.7. The van der Waals surface area contributed by atoms with Crippen molar-refractivity contribution in [3.05, 3.63) is 69.8 Å². The van der Waals surface area contributed by atoms with E-state index in [-0.39, 0.29) is 24.1 Å². The third-order valence-electron chi connectivity index (χ3n) is 6.00. The Labute approximate surface area is 209 Å². The van der Waals surface area contributed by atoms with Crippen LogP contribution in [-0.2, 0) is 25.5 Å². The minimum absolute atomic E-state index is 0.0809. The number of benzene rings is 1. The van der Waals surface area contributed by atoms with Crippen LogP contribution in [0.5, 0.6) is 0 Å². The molecule has 1 aromatic rings. The first-order valence-electron chi connectivity index (χ1n) is 12.4. The van der Waals surface area contributed by atoms with Crippen LogP contribution in [-0.4, -0.2) is 51.0 Å². The van der Waals surface area contributed by atoms with E-state index in [1.165, 1.54) is 16.7 Å². The molecule has 0 aromatic heterocycles. The molecule has 2 rings (SSSR count). The lowest BCUT2D eigenvalue weighted by atomic mass is 9.95. The zero-order chi connectivity index (χ0) is 25.8. The summed E-state index contributed by atoms with van der Waals surface area (Å²) in [6, 6.07) is 8.29. The van der Waals surface area contributed by atoms with E-state index in [4.69, 9.17) is 15.2 Å². The fourth-order valence-electron chi connectivity index (χ4n) is 3.75. The minimum Gasteiger partial charge on any atom is -0.355 e. The van der Waals surface area contributed by atoms with E-state index < -0.39 is 0 Å². The number of amides is 2. The predicted molar refractivity (Wildman–Crippen MR) is 140 cm³/mol. The SMILES string of the molecule is CC/C(C)=C(/C=C(\C=C(/C)C(=O)NC)C(=O)NCCCC1OCC(N)CO1)Cc1cccc(C)c1. The van der Waals surface area contributed by atoms with Gasteiger partial charge in [0.05, 0.1) is 19.3 Å². The Kier molecular flexibility index (Phi) is 11.9. The van der Waals surface area contributed by atoms with Crippen molar-refractivity contribution in [2.24, 2.45) is 5.73 Å². The molecule has 4 N–H and O–H groups in total. The Balaban J connectivity index is 2.18. The average Bonchev–Trinajstić information content (AvgIpc) is 2.85. The molecule has 1 saturated heterocycles. The number of nitrogens with one attached hydrogen (secondary N) is 2. The maximum absolute atomic E-state index is 13.2. The van der Waals surface area contributed by atoms with E-state index in [2.05, 4.69) is 49.6 Å². The number of carbonyl (C=O) groups is 2. The molecule has 192 valence electrons. The summed E-state index contributed by atoms with van der Waals surface area (Å²) in [4.78, 5) is 25.3. The zero-order valence-electron chi connectivity index (χ0n) is 21.8. The molecule has 7 nitrogen and oxygen atoms in total. The minimum atomic E-state index is -0.284. The van der Waals surface area contributed by atoms with Gasteiger partial charge in [0.1, 0.15) is 0 Å². The summed E-state index contributed by atoms with van der Waals surface area (Å²) in [5.74, 6) is -0.434.